The number of carbonyl (C=O) groups is 1. The Labute approximate surface area is 124 Å². The SMILES string of the molecule is O=C(O)c1cccc(OCc2cc(Cl)ccc2[N+](=O)[O-])c1. The lowest BCUT2D eigenvalue weighted by Crippen LogP contribution is -2.02. The summed E-state index contributed by atoms with van der Waals surface area (Å²) in [7, 11) is 0. The van der Waals surface area contributed by atoms with Crippen LogP contribution in [0.25, 0.3) is 0 Å². The fourth-order valence-corrected chi connectivity index (χ4v) is 1.92. The molecule has 7 heteroatoms. The second-order valence-electron chi connectivity index (χ2n) is 4.15. The summed E-state index contributed by atoms with van der Waals surface area (Å²) >= 11 is 5.81. The summed E-state index contributed by atoms with van der Waals surface area (Å²) in [5.74, 6) is -0.765. The molecule has 2 aromatic rings. The third kappa shape index (κ3) is 3.70. The number of hydrogen-bond donors (Lipinski definition) is 1. The maximum Gasteiger partial charge on any atom is 0.335 e. The molecular formula is C14H10ClNO5. The van der Waals surface area contributed by atoms with Crippen LogP contribution in [0.5, 0.6) is 5.75 Å². The molecule has 0 heterocycles. The van der Waals surface area contributed by atoms with E-state index >= 15 is 0 Å². The molecule has 2 aromatic carbocycles. The molecule has 0 saturated carbocycles. The molecule has 0 aliphatic heterocycles. The van der Waals surface area contributed by atoms with Crippen LogP contribution in [0, 0.1) is 10.1 Å². The van der Waals surface area contributed by atoms with E-state index in [9.17, 15) is 14.9 Å². The van der Waals surface area contributed by atoms with E-state index < -0.39 is 10.9 Å². The molecular weight excluding hydrogens is 298 g/mol. The lowest BCUT2D eigenvalue weighted by atomic mass is 10.2. The van der Waals surface area contributed by atoms with E-state index in [0.717, 1.165) is 0 Å². The maximum atomic E-state index is 10.9. The minimum Gasteiger partial charge on any atom is -0.489 e. The summed E-state index contributed by atoms with van der Waals surface area (Å²) in [4.78, 5) is 21.2. The van der Waals surface area contributed by atoms with Gasteiger partial charge in [0.05, 0.1) is 16.1 Å². The van der Waals surface area contributed by atoms with Crippen molar-refractivity contribution in [3.05, 3.63) is 68.7 Å². The summed E-state index contributed by atoms with van der Waals surface area (Å²) in [6, 6.07) is 10.0. The molecule has 21 heavy (non-hydrogen) atoms. The summed E-state index contributed by atoms with van der Waals surface area (Å²) < 4.78 is 5.40. The molecule has 0 spiro atoms. The number of halogens is 1. The Hall–Kier alpha value is -2.60. The first kappa shape index (κ1) is 14.8. The van der Waals surface area contributed by atoms with Gasteiger partial charge in [-0.2, -0.15) is 0 Å². The Morgan fingerprint density at radius 3 is 2.71 bits per heavy atom. The smallest absolute Gasteiger partial charge is 0.335 e. The number of aromatic carboxylic acids is 1. The molecule has 0 aromatic heterocycles. The number of nitro benzene ring substituents is 1. The maximum absolute atomic E-state index is 10.9. The average molecular weight is 308 g/mol. The van der Waals surface area contributed by atoms with Gasteiger partial charge < -0.3 is 9.84 Å². The molecule has 0 radical (unpaired) electrons. The van der Waals surface area contributed by atoms with E-state index in [1.54, 1.807) is 6.07 Å². The van der Waals surface area contributed by atoms with E-state index in [4.69, 9.17) is 21.4 Å². The molecule has 0 amide bonds. The van der Waals surface area contributed by atoms with E-state index in [1.165, 1.54) is 36.4 Å². The van der Waals surface area contributed by atoms with Crippen LogP contribution in [-0.2, 0) is 6.61 Å². The van der Waals surface area contributed by atoms with Gasteiger partial charge in [0, 0.05) is 11.1 Å². The minimum atomic E-state index is -1.07. The van der Waals surface area contributed by atoms with Crippen LogP contribution in [0.15, 0.2) is 42.5 Å². The van der Waals surface area contributed by atoms with E-state index in [2.05, 4.69) is 0 Å². The minimum absolute atomic E-state index is 0.0769. The van der Waals surface area contributed by atoms with Crippen LogP contribution in [0.2, 0.25) is 5.02 Å². The average Bonchev–Trinajstić information content (AvgIpc) is 2.45. The number of nitrogens with zero attached hydrogens (tertiary/aromatic N) is 1. The zero-order valence-corrected chi connectivity index (χ0v) is 11.4. The van der Waals surface area contributed by atoms with Crippen molar-refractivity contribution in [1.29, 1.82) is 0 Å². The van der Waals surface area contributed by atoms with E-state index in [-0.39, 0.29) is 17.9 Å². The molecule has 6 nitrogen and oxygen atoms in total. The van der Waals surface area contributed by atoms with Gasteiger partial charge in [-0.15, -0.1) is 0 Å². The summed E-state index contributed by atoms with van der Waals surface area (Å²) in [5, 5.41) is 20.2. The Morgan fingerprint density at radius 1 is 1.29 bits per heavy atom. The number of rotatable bonds is 5. The number of hydrogen-bond acceptors (Lipinski definition) is 4. The zero-order valence-electron chi connectivity index (χ0n) is 10.7. The molecule has 0 bridgehead atoms. The Morgan fingerprint density at radius 2 is 2.05 bits per heavy atom. The summed E-state index contributed by atoms with van der Waals surface area (Å²) in [6.45, 7) is -0.0834. The molecule has 0 fully saturated rings. The van der Waals surface area contributed by atoms with Gasteiger partial charge in [-0.05, 0) is 30.3 Å². The number of ether oxygens (including phenoxy) is 1. The van der Waals surface area contributed by atoms with Gasteiger partial charge in [0.25, 0.3) is 5.69 Å². The van der Waals surface area contributed by atoms with Gasteiger partial charge in [0.2, 0.25) is 0 Å². The van der Waals surface area contributed by atoms with Crippen molar-refractivity contribution in [3.63, 3.8) is 0 Å². The monoisotopic (exact) mass is 307 g/mol. The predicted molar refractivity (Wildman–Crippen MR) is 75.8 cm³/mol. The lowest BCUT2D eigenvalue weighted by molar-refractivity contribution is -0.385. The molecule has 0 atom stereocenters. The van der Waals surface area contributed by atoms with Crippen molar-refractivity contribution >= 4 is 23.3 Å². The second kappa shape index (κ2) is 6.23. The van der Waals surface area contributed by atoms with Crippen molar-refractivity contribution in [1.82, 2.24) is 0 Å². The van der Waals surface area contributed by atoms with Gasteiger partial charge in [0.1, 0.15) is 12.4 Å². The predicted octanol–water partition coefficient (Wildman–Crippen LogP) is 3.53. The number of benzene rings is 2. The zero-order chi connectivity index (χ0) is 15.4. The molecule has 108 valence electrons. The van der Waals surface area contributed by atoms with Crippen LogP contribution < -0.4 is 4.74 Å². The molecule has 0 aliphatic rings. The van der Waals surface area contributed by atoms with Crippen molar-refractivity contribution in [2.75, 3.05) is 0 Å². The van der Waals surface area contributed by atoms with Crippen LogP contribution in [0.3, 0.4) is 0 Å². The molecule has 0 saturated heterocycles. The highest BCUT2D eigenvalue weighted by molar-refractivity contribution is 6.30. The quantitative estimate of drug-likeness (QED) is 0.674. The van der Waals surface area contributed by atoms with E-state index in [1.807, 2.05) is 0 Å². The highest BCUT2D eigenvalue weighted by Gasteiger charge is 2.14. The molecule has 0 aliphatic carbocycles. The van der Waals surface area contributed by atoms with Gasteiger partial charge in [-0.1, -0.05) is 17.7 Å². The van der Waals surface area contributed by atoms with Crippen molar-refractivity contribution in [3.8, 4) is 5.75 Å². The normalized spacial score (nSPS) is 10.1. The molecule has 1 N–H and O–H groups in total. The van der Waals surface area contributed by atoms with E-state index in [0.29, 0.717) is 16.3 Å². The Bertz CT molecular complexity index is 702. The standard InChI is InChI=1S/C14H10ClNO5/c15-11-4-5-13(16(19)20)10(6-11)8-21-12-3-1-2-9(7-12)14(17)18/h1-7H,8H2,(H,17,18). The van der Waals surface area contributed by atoms with Crippen LogP contribution >= 0.6 is 11.6 Å². The van der Waals surface area contributed by atoms with Gasteiger partial charge in [-0.25, -0.2) is 4.79 Å². The molecule has 0 unspecified atom stereocenters. The van der Waals surface area contributed by atoms with Crippen molar-refractivity contribution < 1.29 is 19.6 Å². The first-order valence-corrected chi connectivity index (χ1v) is 6.24. The topological polar surface area (TPSA) is 89.7 Å². The summed E-state index contributed by atoms with van der Waals surface area (Å²) in [5.41, 5.74) is 0.287. The van der Waals surface area contributed by atoms with Crippen molar-refractivity contribution in [2.24, 2.45) is 0 Å². The van der Waals surface area contributed by atoms with Gasteiger partial charge in [0.15, 0.2) is 0 Å². The van der Waals surface area contributed by atoms with Crippen molar-refractivity contribution in [2.45, 2.75) is 6.61 Å². The fourth-order valence-electron chi connectivity index (χ4n) is 1.73. The third-order valence-electron chi connectivity index (χ3n) is 2.71. The first-order valence-electron chi connectivity index (χ1n) is 5.86. The Balaban J connectivity index is 2.20. The summed E-state index contributed by atoms with van der Waals surface area (Å²) in [6.07, 6.45) is 0. The number of carboxylic acids is 1. The fraction of sp³-hybridized carbons (Fsp3) is 0.0714. The Kier molecular flexibility index (Phi) is 4.39. The molecule has 2 rings (SSSR count). The second-order valence-corrected chi connectivity index (χ2v) is 4.59. The largest absolute Gasteiger partial charge is 0.489 e. The van der Waals surface area contributed by atoms with Crippen LogP contribution in [0.4, 0.5) is 5.69 Å². The van der Waals surface area contributed by atoms with Gasteiger partial charge in [-0.3, -0.25) is 10.1 Å². The highest BCUT2D eigenvalue weighted by Crippen LogP contribution is 2.24. The van der Waals surface area contributed by atoms with Crippen LogP contribution in [-0.4, -0.2) is 16.0 Å². The highest BCUT2D eigenvalue weighted by atomic mass is 35.5. The van der Waals surface area contributed by atoms with Gasteiger partial charge >= 0.3 is 5.97 Å². The lowest BCUT2D eigenvalue weighted by Gasteiger charge is -2.08. The van der Waals surface area contributed by atoms with Crippen LogP contribution in [0.1, 0.15) is 15.9 Å². The third-order valence-corrected chi connectivity index (χ3v) is 2.95. The number of carboxylic acid groups (broad SMARTS) is 1. The first-order chi connectivity index (χ1) is 9.97. The number of nitro groups is 1.